The molecule has 2 aliphatic heterocycles. The van der Waals surface area contributed by atoms with Crippen molar-refractivity contribution in [2.24, 2.45) is 0 Å². The number of hydrogen-bond acceptors (Lipinski definition) is 5. The van der Waals surface area contributed by atoms with Crippen molar-refractivity contribution in [3.8, 4) is 5.75 Å². The molecule has 200 valence electrons. The van der Waals surface area contributed by atoms with Crippen LogP contribution in [0.2, 0.25) is 13.1 Å². The molecule has 0 saturated heterocycles. The van der Waals surface area contributed by atoms with Crippen LogP contribution in [0.15, 0.2) is 54.6 Å². The lowest BCUT2D eigenvalue weighted by Gasteiger charge is -2.48. The van der Waals surface area contributed by atoms with Gasteiger partial charge in [0.15, 0.2) is 12.6 Å². The zero-order valence-electron chi connectivity index (χ0n) is 24.0. The summed E-state index contributed by atoms with van der Waals surface area (Å²) < 4.78 is 10.5. The van der Waals surface area contributed by atoms with Gasteiger partial charge in [-0.2, -0.15) is 0 Å². The Morgan fingerprint density at radius 1 is 1.00 bits per heavy atom. The summed E-state index contributed by atoms with van der Waals surface area (Å²) in [4.78, 5) is 18.6. The third kappa shape index (κ3) is 4.24. The van der Waals surface area contributed by atoms with Gasteiger partial charge < -0.3 is 19.3 Å². The van der Waals surface area contributed by atoms with E-state index in [9.17, 15) is 4.79 Å². The minimum atomic E-state index is -2.15. The summed E-state index contributed by atoms with van der Waals surface area (Å²) >= 11 is 0. The van der Waals surface area contributed by atoms with Crippen molar-refractivity contribution in [2.75, 3.05) is 37.3 Å². The number of hydrogen-bond donors (Lipinski definition) is 0. The first kappa shape index (κ1) is 26.5. The summed E-state index contributed by atoms with van der Waals surface area (Å²) in [5.74, 6) is 1.36. The molecule has 0 amide bonds. The third-order valence-electron chi connectivity index (χ3n) is 8.64. The van der Waals surface area contributed by atoms with Crippen molar-refractivity contribution in [1.29, 1.82) is 0 Å². The van der Waals surface area contributed by atoms with Gasteiger partial charge in [0.1, 0.15) is 13.8 Å². The number of ketones is 1. The van der Waals surface area contributed by atoms with E-state index in [0.29, 0.717) is 5.92 Å². The Morgan fingerprint density at radius 2 is 1.66 bits per heavy atom. The number of ether oxygens (including phenoxy) is 2. The standard InChI is InChI=1S/C32H40N2O3Si/c1-9-34-28-18-30-27(17-26(28)21(2)19-32(34,3)4)31(35)25-15-12-23(16-29(25)38(30,7)8)33(5)22-10-13-24(14-11-22)37-20-36-6/h10-18,21H,9,19-20H2,1-8H3. The van der Waals surface area contributed by atoms with E-state index in [1.807, 2.05) is 30.3 Å². The molecule has 3 aromatic carbocycles. The van der Waals surface area contributed by atoms with Gasteiger partial charge in [0.05, 0.1) is 0 Å². The first-order chi connectivity index (χ1) is 18.0. The molecular formula is C32H40N2O3Si. The zero-order chi connectivity index (χ0) is 27.4. The van der Waals surface area contributed by atoms with Crippen LogP contribution >= 0.6 is 0 Å². The van der Waals surface area contributed by atoms with Crippen LogP contribution in [0.25, 0.3) is 0 Å². The van der Waals surface area contributed by atoms with Gasteiger partial charge in [0, 0.05) is 54.4 Å². The first-order valence-electron chi connectivity index (χ1n) is 13.6. The molecule has 0 N–H and O–H groups in total. The molecule has 2 aliphatic rings. The molecule has 5 nitrogen and oxygen atoms in total. The second-order valence-corrected chi connectivity index (χ2v) is 16.2. The van der Waals surface area contributed by atoms with Gasteiger partial charge in [-0.25, -0.2) is 0 Å². The number of anilines is 3. The number of nitrogens with zero attached hydrogens (tertiary/aromatic N) is 2. The lowest BCUT2D eigenvalue weighted by atomic mass is 9.79. The van der Waals surface area contributed by atoms with Gasteiger partial charge in [-0.15, -0.1) is 0 Å². The Bertz CT molecular complexity index is 1380. The molecule has 0 aromatic heterocycles. The average molecular weight is 529 g/mol. The predicted molar refractivity (Wildman–Crippen MR) is 160 cm³/mol. The molecule has 0 radical (unpaired) electrons. The Kier molecular flexibility index (Phi) is 6.68. The molecule has 0 fully saturated rings. The summed E-state index contributed by atoms with van der Waals surface area (Å²) in [6.07, 6.45) is 1.09. The molecule has 3 aromatic rings. The van der Waals surface area contributed by atoms with Crippen LogP contribution in [0.4, 0.5) is 17.1 Å². The number of fused-ring (bicyclic) bond motifs is 3. The van der Waals surface area contributed by atoms with Crippen molar-refractivity contribution in [3.05, 3.63) is 71.3 Å². The predicted octanol–water partition coefficient (Wildman–Crippen LogP) is 5.92. The summed E-state index contributed by atoms with van der Waals surface area (Å²) in [6.45, 7) is 15.2. The van der Waals surface area contributed by atoms with Crippen LogP contribution < -0.4 is 24.9 Å². The maximum absolute atomic E-state index is 13.9. The maximum Gasteiger partial charge on any atom is 0.192 e. The fourth-order valence-corrected chi connectivity index (χ4v) is 9.65. The Morgan fingerprint density at radius 3 is 2.32 bits per heavy atom. The van der Waals surface area contributed by atoms with Gasteiger partial charge in [-0.3, -0.25) is 4.79 Å². The lowest BCUT2D eigenvalue weighted by Crippen LogP contribution is -2.60. The Hall–Kier alpha value is -3.09. The molecule has 6 heteroatoms. The first-order valence-corrected chi connectivity index (χ1v) is 16.6. The summed E-state index contributed by atoms with van der Waals surface area (Å²) in [6, 6.07) is 19.0. The Labute approximate surface area is 228 Å². The maximum atomic E-state index is 13.9. The van der Waals surface area contributed by atoms with E-state index in [1.165, 1.54) is 21.6 Å². The van der Waals surface area contributed by atoms with Crippen LogP contribution in [-0.2, 0) is 4.74 Å². The van der Waals surface area contributed by atoms with Crippen molar-refractivity contribution < 1.29 is 14.3 Å². The van der Waals surface area contributed by atoms with Crippen molar-refractivity contribution in [3.63, 3.8) is 0 Å². The zero-order valence-corrected chi connectivity index (χ0v) is 25.0. The largest absolute Gasteiger partial charge is 0.468 e. The molecule has 0 aliphatic carbocycles. The smallest absolute Gasteiger partial charge is 0.192 e. The minimum Gasteiger partial charge on any atom is -0.468 e. The van der Waals surface area contributed by atoms with Gasteiger partial charge in [-0.05, 0) is 104 Å². The van der Waals surface area contributed by atoms with Crippen molar-refractivity contribution >= 4 is 41.3 Å². The molecule has 1 unspecified atom stereocenters. The topological polar surface area (TPSA) is 42.0 Å². The molecule has 0 spiro atoms. The monoisotopic (exact) mass is 528 g/mol. The van der Waals surface area contributed by atoms with Gasteiger partial charge >= 0.3 is 0 Å². The number of benzene rings is 3. The summed E-state index contributed by atoms with van der Waals surface area (Å²) in [7, 11) is 1.53. The SMILES string of the molecule is CCN1c2cc3c(cc2C(C)CC1(C)C)C(=O)c1ccc(N(C)c2ccc(OCOC)cc2)cc1[Si]3(C)C. The average Bonchev–Trinajstić information content (AvgIpc) is 2.89. The van der Waals surface area contributed by atoms with Crippen molar-refractivity contribution in [2.45, 2.75) is 58.7 Å². The number of carbonyl (C=O) groups excluding carboxylic acids is 1. The molecule has 5 rings (SSSR count). The molecular weight excluding hydrogens is 488 g/mol. The second kappa shape index (κ2) is 9.58. The van der Waals surface area contributed by atoms with Crippen LogP contribution in [0, 0.1) is 0 Å². The van der Waals surface area contributed by atoms with E-state index in [-0.39, 0.29) is 18.1 Å². The molecule has 2 heterocycles. The van der Waals surface area contributed by atoms with E-state index in [1.54, 1.807) is 7.11 Å². The quantitative estimate of drug-likeness (QED) is 0.294. The normalized spacial score (nSPS) is 18.9. The fraction of sp³-hybridized carbons (Fsp3) is 0.406. The highest BCUT2D eigenvalue weighted by Gasteiger charge is 2.42. The summed E-state index contributed by atoms with van der Waals surface area (Å²) in [5, 5.41) is 2.47. The summed E-state index contributed by atoms with van der Waals surface area (Å²) in [5.41, 5.74) is 6.65. The number of rotatable bonds is 6. The highest BCUT2D eigenvalue weighted by atomic mass is 28.3. The molecule has 38 heavy (non-hydrogen) atoms. The highest BCUT2D eigenvalue weighted by molar-refractivity contribution is 7.02. The molecule has 0 saturated carbocycles. The van der Waals surface area contributed by atoms with Crippen LogP contribution in [0.5, 0.6) is 5.75 Å². The van der Waals surface area contributed by atoms with E-state index in [0.717, 1.165) is 41.2 Å². The lowest BCUT2D eigenvalue weighted by molar-refractivity contribution is 0.0511. The minimum absolute atomic E-state index is 0.0950. The number of carbonyl (C=O) groups is 1. The van der Waals surface area contributed by atoms with Gasteiger partial charge in [0.25, 0.3) is 0 Å². The highest BCUT2D eigenvalue weighted by Crippen LogP contribution is 2.44. The molecule has 0 bridgehead atoms. The van der Waals surface area contributed by atoms with Crippen molar-refractivity contribution in [1.82, 2.24) is 0 Å². The van der Waals surface area contributed by atoms with E-state index in [2.05, 4.69) is 81.9 Å². The van der Waals surface area contributed by atoms with Crippen LogP contribution in [0.3, 0.4) is 0 Å². The van der Waals surface area contributed by atoms with E-state index >= 15 is 0 Å². The van der Waals surface area contributed by atoms with Gasteiger partial charge in [-0.1, -0.05) is 20.0 Å². The molecule has 1 atom stereocenters. The number of methoxy groups -OCH3 is 1. The van der Waals surface area contributed by atoms with Crippen LogP contribution in [-0.4, -0.2) is 46.9 Å². The second-order valence-electron chi connectivity index (χ2n) is 11.9. The van der Waals surface area contributed by atoms with E-state index < -0.39 is 8.07 Å². The van der Waals surface area contributed by atoms with Crippen LogP contribution in [0.1, 0.15) is 61.5 Å². The third-order valence-corrected chi connectivity index (χ3v) is 12.2. The fourth-order valence-electron chi connectivity index (χ4n) is 6.62. The van der Waals surface area contributed by atoms with E-state index in [4.69, 9.17) is 9.47 Å². The Balaban J connectivity index is 1.56. The van der Waals surface area contributed by atoms with Gasteiger partial charge in [0.2, 0.25) is 0 Å².